The van der Waals surface area contributed by atoms with Crippen molar-refractivity contribution in [2.24, 2.45) is 0 Å². The Morgan fingerprint density at radius 2 is 2.06 bits per heavy atom. The summed E-state index contributed by atoms with van der Waals surface area (Å²) in [5.41, 5.74) is 3.12. The molecule has 0 radical (unpaired) electrons. The molecule has 3 nitrogen and oxygen atoms in total. The predicted molar refractivity (Wildman–Crippen MR) is 73.2 cm³/mol. The lowest BCUT2D eigenvalue weighted by atomic mass is 10.1. The highest BCUT2D eigenvalue weighted by atomic mass is 32.1. The van der Waals surface area contributed by atoms with Gasteiger partial charge in [-0.25, -0.2) is 0 Å². The van der Waals surface area contributed by atoms with Gasteiger partial charge in [0.1, 0.15) is 0 Å². The van der Waals surface area contributed by atoms with Gasteiger partial charge in [0.15, 0.2) is 5.11 Å². The Bertz CT molecular complexity index is 484. The van der Waals surface area contributed by atoms with Crippen LogP contribution in [0.4, 0.5) is 5.69 Å². The van der Waals surface area contributed by atoms with Crippen LogP contribution in [0.1, 0.15) is 18.1 Å². The van der Waals surface area contributed by atoms with Gasteiger partial charge in [-0.05, 0) is 50.2 Å². The zero-order valence-electron chi connectivity index (χ0n) is 10.4. The first-order valence-corrected chi connectivity index (χ1v) is 6.14. The molecule has 2 rings (SSSR count). The van der Waals surface area contributed by atoms with E-state index in [1.807, 2.05) is 43.9 Å². The molecule has 1 fully saturated rings. The molecular weight excluding hydrogens is 232 g/mol. The lowest BCUT2D eigenvalue weighted by molar-refractivity contribution is -0.116. The van der Waals surface area contributed by atoms with Crippen molar-refractivity contribution in [2.45, 2.75) is 20.8 Å². The van der Waals surface area contributed by atoms with Crippen molar-refractivity contribution < 1.29 is 4.79 Å². The van der Waals surface area contributed by atoms with Crippen molar-refractivity contribution >= 4 is 28.9 Å². The molecule has 1 aliphatic heterocycles. The molecule has 0 spiro atoms. The fourth-order valence-corrected chi connectivity index (χ4v) is 2.39. The van der Waals surface area contributed by atoms with E-state index in [9.17, 15) is 4.79 Å². The van der Waals surface area contributed by atoms with E-state index in [4.69, 9.17) is 12.2 Å². The Morgan fingerprint density at radius 1 is 1.35 bits per heavy atom. The van der Waals surface area contributed by atoms with Crippen LogP contribution in [-0.2, 0) is 4.79 Å². The first-order chi connectivity index (χ1) is 8.04. The second kappa shape index (κ2) is 4.45. The molecule has 0 aromatic heterocycles. The summed E-state index contributed by atoms with van der Waals surface area (Å²) in [6.07, 6.45) is 0. The van der Waals surface area contributed by atoms with Crippen LogP contribution in [0, 0.1) is 13.8 Å². The zero-order chi connectivity index (χ0) is 12.6. The van der Waals surface area contributed by atoms with Crippen LogP contribution in [-0.4, -0.2) is 29.0 Å². The monoisotopic (exact) mass is 248 g/mol. The zero-order valence-corrected chi connectivity index (χ0v) is 11.2. The summed E-state index contributed by atoms with van der Waals surface area (Å²) in [6.45, 7) is 7.18. The number of benzene rings is 1. The molecule has 17 heavy (non-hydrogen) atoms. The summed E-state index contributed by atoms with van der Waals surface area (Å²) >= 11 is 5.35. The van der Waals surface area contributed by atoms with Crippen LogP contribution >= 0.6 is 12.2 Å². The van der Waals surface area contributed by atoms with E-state index in [-0.39, 0.29) is 5.91 Å². The number of hydrogen-bond acceptors (Lipinski definition) is 2. The minimum absolute atomic E-state index is 0.0607. The van der Waals surface area contributed by atoms with Crippen LogP contribution in [0.2, 0.25) is 0 Å². The Labute approximate surface area is 107 Å². The first-order valence-electron chi connectivity index (χ1n) is 5.73. The molecule has 1 heterocycles. The van der Waals surface area contributed by atoms with E-state index in [1.165, 1.54) is 0 Å². The molecule has 0 bridgehead atoms. The summed E-state index contributed by atoms with van der Waals surface area (Å²) in [6, 6.07) is 6.08. The Hall–Kier alpha value is -1.42. The minimum Gasteiger partial charge on any atom is -0.339 e. The van der Waals surface area contributed by atoms with Crippen molar-refractivity contribution in [3.05, 3.63) is 29.3 Å². The van der Waals surface area contributed by atoms with Gasteiger partial charge in [-0.15, -0.1) is 0 Å². The van der Waals surface area contributed by atoms with Gasteiger partial charge in [0, 0.05) is 6.54 Å². The molecule has 1 aromatic carbocycles. The molecule has 1 saturated heterocycles. The number of rotatable bonds is 2. The molecule has 1 amide bonds. The van der Waals surface area contributed by atoms with Crippen molar-refractivity contribution in [1.82, 2.24) is 4.90 Å². The highest BCUT2D eigenvalue weighted by Crippen LogP contribution is 2.26. The summed E-state index contributed by atoms with van der Waals surface area (Å²) < 4.78 is 0. The van der Waals surface area contributed by atoms with Crippen LogP contribution in [0.15, 0.2) is 18.2 Å². The summed E-state index contributed by atoms with van der Waals surface area (Å²) in [5, 5.41) is 0.617. The maximum atomic E-state index is 12.0. The van der Waals surface area contributed by atoms with Gasteiger partial charge in [-0.3, -0.25) is 9.69 Å². The third-order valence-electron chi connectivity index (χ3n) is 3.02. The highest BCUT2D eigenvalue weighted by molar-refractivity contribution is 7.80. The number of amides is 1. The second-order valence-electron chi connectivity index (χ2n) is 4.32. The maximum Gasteiger partial charge on any atom is 0.252 e. The number of thiocarbonyl (C=S) groups is 1. The number of anilines is 1. The third-order valence-corrected chi connectivity index (χ3v) is 3.47. The first kappa shape index (κ1) is 12.0. The topological polar surface area (TPSA) is 23.6 Å². The fourth-order valence-electron chi connectivity index (χ4n) is 1.99. The van der Waals surface area contributed by atoms with Gasteiger partial charge in [-0.1, -0.05) is 12.1 Å². The number of nitrogens with zero attached hydrogens (tertiary/aromatic N) is 2. The average Bonchev–Trinajstić information content (AvgIpc) is 2.58. The molecule has 0 saturated carbocycles. The summed E-state index contributed by atoms with van der Waals surface area (Å²) in [7, 11) is 0. The largest absolute Gasteiger partial charge is 0.339 e. The third kappa shape index (κ3) is 2.05. The number of hydrogen-bond donors (Lipinski definition) is 0. The Kier molecular flexibility index (Phi) is 3.15. The van der Waals surface area contributed by atoms with E-state index < -0.39 is 0 Å². The van der Waals surface area contributed by atoms with Crippen LogP contribution in [0.3, 0.4) is 0 Å². The van der Waals surface area contributed by atoms with Crippen molar-refractivity contribution in [2.75, 3.05) is 18.0 Å². The number of likely N-dealkylation sites (N-methyl/N-ethyl adjacent to an activating group) is 1. The molecule has 1 aromatic rings. The van der Waals surface area contributed by atoms with Crippen LogP contribution in [0.5, 0.6) is 0 Å². The maximum absolute atomic E-state index is 12.0. The molecule has 0 N–H and O–H groups in total. The summed E-state index contributed by atoms with van der Waals surface area (Å²) in [5.74, 6) is 0.0607. The number of aryl methyl sites for hydroxylation is 2. The normalized spacial score (nSPS) is 15.9. The van der Waals surface area contributed by atoms with Gasteiger partial charge in [0.2, 0.25) is 0 Å². The fraction of sp³-hybridized carbons (Fsp3) is 0.385. The van der Waals surface area contributed by atoms with Crippen molar-refractivity contribution in [3.63, 3.8) is 0 Å². The van der Waals surface area contributed by atoms with Crippen molar-refractivity contribution in [3.8, 4) is 0 Å². The lowest BCUT2D eigenvalue weighted by Gasteiger charge is -2.21. The molecule has 0 aliphatic carbocycles. The highest BCUT2D eigenvalue weighted by Gasteiger charge is 2.33. The van der Waals surface area contributed by atoms with Gasteiger partial charge < -0.3 is 4.90 Å². The molecule has 0 atom stereocenters. The summed E-state index contributed by atoms with van der Waals surface area (Å²) in [4.78, 5) is 15.6. The van der Waals surface area contributed by atoms with Gasteiger partial charge in [-0.2, -0.15) is 0 Å². The van der Waals surface area contributed by atoms with E-state index in [2.05, 4.69) is 0 Å². The average molecular weight is 248 g/mol. The van der Waals surface area contributed by atoms with E-state index in [1.54, 1.807) is 4.90 Å². The molecule has 1 aliphatic rings. The standard InChI is InChI=1S/C13H16N2OS/c1-4-14-8-12(16)15(13(14)17)11-7-9(2)5-6-10(11)3/h5-7H,4,8H2,1-3H3. The SMILES string of the molecule is CCN1CC(=O)N(c2cc(C)ccc2C)C1=S. The molecular formula is C13H16N2OS. The molecule has 4 heteroatoms. The molecule has 0 unspecified atom stereocenters. The second-order valence-corrected chi connectivity index (χ2v) is 4.68. The van der Waals surface area contributed by atoms with Gasteiger partial charge >= 0.3 is 0 Å². The van der Waals surface area contributed by atoms with Gasteiger partial charge in [0.05, 0.1) is 12.2 Å². The van der Waals surface area contributed by atoms with Crippen molar-refractivity contribution in [1.29, 1.82) is 0 Å². The van der Waals surface area contributed by atoms with Crippen LogP contribution < -0.4 is 4.90 Å². The number of carbonyl (C=O) groups excluding carboxylic acids is 1. The Morgan fingerprint density at radius 3 is 2.65 bits per heavy atom. The van der Waals surface area contributed by atoms with E-state index in [0.717, 1.165) is 23.4 Å². The number of carbonyl (C=O) groups is 1. The predicted octanol–water partition coefficient (Wildman–Crippen LogP) is 2.26. The lowest BCUT2D eigenvalue weighted by Crippen LogP contribution is -2.33. The molecule has 90 valence electrons. The quantitative estimate of drug-likeness (QED) is 0.750. The Balaban J connectivity index is 2.43. The van der Waals surface area contributed by atoms with Gasteiger partial charge in [0.25, 0.3) is 5.91 Å². The minimum atomic E-state index is 0.0607. The smallest absolute Gasteiger partial charge is 0.252 e. The van der Waals surface area contributed by atoms with Crippen LogP contribution in [0.25, 0.3) is 0 Å². The van der Waals surface area contributed by atoms with E-state index in [0.29, 0.717) is 11.7 Å². The van der Waals surface area contributed by atoms with E-state index >= 15 is 0 Å².